The van der Waals surface area contributed by atoms with Crippen molar-refractivity contribution in [2.24, 2.45) is 0 Å². The molecule has 1 aromatic carbocycles. The van der Waals surface area contributed by atoms with E-state index < -0.39 is 0 Å². The Bertz CT molecular complexity index is 767. The van der Waals surface area contributed by atoms with E-state index in [1.165, 1.54) is 0 Å². The van der Waals surface area contributed by atoms with Crippen LogP contribution < -0.4 is 15.0 Å². The predicted octanol–water partition coefficient (Wildman–Crippen LogP) is 1.94. The van der Waals surface area contributed by atoms with Crippen LogP contribution in [0.25, 0.3) is 0 Å². The largest absolute Gasteiger partial charge is 0.486 e. The smallest absolute Gasteiger partial charge is 0.267 e. The van der Waals surface area contributed by atoms with E-state index in [0.29, 0.717) is 19.8 Å². The molecule has 0 spiro atoms. The van der Waals surface area contributed by atoms with Crippen molar-refractivity contribution in [2.45, 2.75) is 32.2 Å². The van der Waals surface area contributed by atoms with Crippen molar-refractivity contribution in [2.75, 3.05) is 13.2 Å². The summed E-state index contributed by atoms with van der Waals surface area (Å²) in [6.07, 6.45) is 4.25. The molecule has 0 radical (unpaired) electrons. The van der Waals surface area contributed by atoms with Gasteiger partial charge in [-0.1, -0.05) is 6.07 Å². The van der Waals surface area contributed by atoms with Crippen LogP contribution in [0.1, 0.15) is 29.7 Å². The average molecular weight is 298 g/mol. The van der Waals surface area contributed by atoms with Gasteiger partial charge in [0.15, 0.2) is 11.5 Å². The lowest BCUT2D eigenvalue weighted by molar-refractivity contribution is 0.171. The van der Waals surface area contributed by atoms with Gasteiger partial charge >= 0.3 is 0 Å². The second-order valence-electron chi connectivity index (χ2n) is 5.80. The number of nitrogens with zero attached hydrogens (tertiary/aromatic N) is 2. The molecule has 4 rings (SSSR count). The molecule has 0 N–H and O–H groups in total. The number of aryl methyl sites for hydroxylation is 2. The molecule has 1 aliphatic heterocycles. The van der Waals surface area contributed by atoms with Crippen molar-refractivity contribution in [3.05, 3.63) is 51.4 Å². The van der Waals surface area contributed by atoms with E-state index in [0.717, 1.165) is 54.0 Å². The van der Waals surface area contributed by atoms with Gasteiger partial charge in [0.05, 0.1) is 12.2 Å². The Hall–Kier alpha value is -2.30. The lowest BCUT2D eigenvalue weighted by Crippen LogP contribution is -2.26. The van der Waals surface area contributed by atoms with Crippen molar-refractivity contribution < 1.29 is 9.47 Å². The van der Waals surface area contributed by atoms with Gasteiger partial charge in [0.1, 0.15) is 13.2 Å². The highest BCUT2D eigenvalue weighted by Gasteiger charge is 2.15. The molecule has 2 heterocycles. The summed E-state index contributed by atoms with van der Waals surface area (Å²) in [5.41, 5.74) is 3.16. The van der Waals surface area contributed by atoms with E-state index in [1.54, 1.807) is 10.7 Å². The first-order valence-corrected chi connectivity index (χ1v) is 7.78. The van der Waals surface area contributed by atoms with Gasteiger partial charge in [-0.2, -0.15) is 5.10 Å². The number of benzene rings is 1. The summed E-state index contributed by atoms with van der Waals surface area (Å²) in [6, 6.07) is 7.54. The van der Waals surface area contributed by atoms with Crippen LogP contribution >= 0.6 is 0 Å². The molecule has 1 aliphatic carbocycles. The van der Waals surface area contributed by atoms with Gasteiger partial charge in [0, 0.05) is 6.07 Å². The molecule has 0 atom stereocenters. The summed E-state index contributed by atoms with van der Waals surface area (Å²) < 4.78 is 12.7. The third-order valence-corrected chi connectivity index (χ3v) is 4.21. The first-order chi connectivity index (χ1) is 10.8. The van der Waals surface area contributed by atoms with Crippen LogP contribution in [0.15, 0.2) is 29.1 Å². The Balaban J connectivity index is 1.64. The van der Waals surface area contributed by atoms with Gasteiger partial charge < -0.3 is 9.47 Å². The van der Waals surface area contributed by atoms with Crippen LogP contribution in [0.2, 0.25) is 0 Å². The molecule has 0 bridgehead atoms. The third kappa shape index (κ3) is 2.47. The van der Waals surface area contributed by atoms with Gasteiger partial charge in [-0.3, -0.25) is 4.79 Å². The Morgan fingerprint density at radius 3 is 2.77 bits per heavy atom. The van der Waals surface area contributed by atoms with Gasteiger partial charge in [-0.15, -0.1) is 0 Å². The molecular formula is C17H18N2O3. The van der Waals surface area contributed by atoms with Crippen molar-refractivity contribution in [3.63, 3.8) is 0 Å². The molecule has 0 amide bonds. The fourth-order valence-electron chi connectivity index (χ4n) is 3.07. The standard InChI is InChI=1S/C17H18N2O3/c20-17-10-13-3-1-2-4-14(13)18-19(17)11-12-5-6-15-16(9-12)22-8-7-21-15/h5-6,9-10H,1-4,7-8,11H2. The van der Waals surface area contributed by atoms with E-state index in [9.17, 15) is 4.79 Å². The summed E-state index contributed by atoms with van der Waals surface area (Å²) in [7, 11) is 0. The Morgan fingerprint density at radius 1 is 1.05 bits per heavy atom. The van der Waals surface area contributed by atoms with Crippen LogP contribution in [0, 0.1) is 0 Å². The van der Waals surface area contributed by atoms with E-state index in [4.69, 9.17) is 9.47 Å². The normalized spacial score (nSPS) is 16.2. The zero-order chi connectivity index (χ0) is 14.9. The van der Waals surface area contributed by atoms with Crippen LogP contribution in [-0.2, 0) is 19.4 Å². The van der Waals surface area contributed by atoms with Gasteiger partial charge in [-0.25, -0.2) is 4.68 Å². The molecule has 2 aliphatic rings. The predicted molar refractivity (Wildman–Crippen MR) is 81.7 cm³/mol. The SMILES string of the molecule is O=c1cc2c(nn1Cc1ccc3c(c1)OCCO3)CCCC2. The van der Waals surface area contributed by atoms with E-state index in [-0.39, 0.29) is 5.56 Å². The van der Waals surface area contributed by atoms with Crippen LogP contribution in [0.5, 0.6) is 11.5 Å². The maximum Gasteiger partial charge on any atom is 0.267 e. The monoisotopic (exact) mass is 298 g/mol. The lowest BCUT2D eigenvalue weighted by Gasteiger charge is -2.19. The van der Waals surface area contributed by atoms with E-state index in [2.05, 4.69) is 5.10 Å². The second kappa shape index (κ2) is 5.48. The van der Waals surface area contributed by atoms with E-state index >= 15 is 0 Å². The zero-order valence-electron chi connectivity index (χ0n) is 12.4. The molecule has 1 aromatic heterocycles. The van der Waals surface area contributed by atoms with Crippen LogP contribution in [0.3, 0.4) is 0 Å². The maximum absolute atomic E-state index is 12.2. The molecule has 0 unspecified atom stereocenters. The molecular weight excluding hydrogens is 280 g/mol. The number of fused-ring (bicyclic) bond motifs is 2. The molecule has 5 heteroatoms. The molecule has 22 heavy (non-hydrogen) atoms. The second-order valence-corrected chi connectivity index (χ2v) is 5.80. The van der Waals surface area contributed by atoms with Crippen molar-refractivity contribution >= 4 is 0 Å². The highest BCUT2D eigenvalue weighted by atomic mass is 16.6. The quantitative estimate of drug-likeness (QED) is 0.850. The van der Waals surface area contributed by atoms with Gasteiger partial charge in [0.25, 0.3) is 5.56 Å². The highest BCUT2D eigenvalue weighted by molar-refractivity contribution is 5.43. The summed E-state index contributed by atoms with van der Waals surface area (Å²) in [6.45, 7) is 1.61. The van der Waals surface area contributed by atoms with Crippen LogP contribution in [-0.4, -0.2) is 23.0 Å². The number of hydrogen-bond donors (Lipinski definition) is 0. The van der Waals surface area contributed by atoms with Crippen LogP contribution in [0.4, 0.5) is 0 Å². The Labute approximate surface area is 128 Å². The summed E-state index contributed by atoms with van der Waals surface area (Å²) >= 11 is 0. The summed E-state index contributed by atoms with van der Waals surface area (Å²) in [4.78, 5) is 12.2. The molecule has 5 nitrogen and oxygen atoms in total. The van der Waals surface area contributed by atoms with Crippen molar-refractivity contribution in [1.82, 2.24) is 9.78 Å². The van der Waals surface area contributed by atoms with Gasteiger partial charge in [-0.05, 0) is 48.9 Å². The average Bonchev–Trinajstić information content (AvgIpc) is 2.55. The topological polar surface area (TPSA) is 53.4 Å². The summed E-state index contributed by atoms with van der Waals surface area (Å²) in [5.74, 6) is 1.51. The minimum atomic E-state index is -0.0319. The zero-order valence-corrected chi connectivity index (χ0v) is 12.4. The summed E-state index contributed by atoms with van der Waals surface area (Å²) in [5, 5.41) is 4.55. The minimum absolute atomic E-state index is 0.0319. The number of rotatable bonds is 2. The maximum atomic E-state index is 12.2. The molecule has 0 saturated heterocycles. The lowest BCUT2D eigenvalue weighted by atomic mass is 9.97. The minimum Gasteiger partial charge on any atom is -0.486 e. The molecule has 114 valence electrons. The number of aromatic nitrogens is 2. The fraction of sp³-hybridized carbons (Fsp3) is 0.412. The fourth-order valence-corrected chi connectivity index (χ4v) is 3.07. The van der Waals surface area contributed by atoms with Crippen molar-refractivity contribution in [1.29, 1.82) is 0 Å². The highest BCUT2D eigenvalue weighted by Crippen LogP contribution is 2.30. The Kier molecular flexibility index (Phi) is 3.33. The first-order valence-electron chi connectivity index (χ1n) is 7.78. The Morgan fingerprint density at radius 2 is 1.86 bits per heavy atom. The number of ether oxygens (including phenoxy) is 2. The first kappa shape index (κ1) is 13.4. The molecule has 2 aromatic rings. The molecule has 0 fully saturated rings. The van der Waals surface area contributed by atoms with E-state index in [1.807, 2.05) is 18.2 Å². The van der Waals surface area contributed by atoms with Crippen molar-refractivity contribution in [3.8, 4) is 11.5 Å². The number of hydrogen-bond acceptors (Lipinski definition) is 4. The molecule has 0 saturated carbocycles. The third-order valence-electron chi connectivity index (χ3n) is 4.21. The van der Waals surface area contributed by atoms with Gasteiger partial charge in [0.2, 0.25) is 0 Å².